The molecule has 1 N–H and O–H groups in total. The van der Waals surface area contributed by atoms with Crippen molar-refractivity contribution in [3.63, 3.8) is 0 Å². The van der Waals surface area contributed by atoms with Gasteiger partial charge in [-0.3, -0.25) is 4.98 Å². The molecule has 1 heterocycles. The molecule has 0 unspecified atom stereocenters. The fourth-order valence-electron chi connectivity index (χ4n) is 0.420. The van der Waals surface area contributed by atoms with Gasteiger partial charge in [-0.15, -0.1) is 0 Å². The van der Waals surface area contributed by atoms with Crippen LogP contribution in [0.5, 0.6) is 0 Å². The fraction of sp³-hybridized carbons (Fsp3) is 0. The van der Waals surface area contributed by atoms with Gasteiger partial charge in [0.05, 0.1) is 6.20 Å². The normalized spacial score (nSPS) is 8.50. The minimum Gasteiger partial charge on any atom is -0.262 e. The minimum absolute atomic E-state index is 0.590. The van der Waals surface area contributed by atoms with Crippen molar-refractivity contribution in [2.24, 2.45) is 5.11 Å². The molecule has 1 aromatic rings. The molecule has 0 saturated heterocycles. The van der Waals surface area contributed by atoms with E-state index in [2.05, 4.69) is 10.1 Å². The van der Waals surface area contributed by atoms with Gasteiger partial charge in [-0.2, -0.15) is 5.11 Å². The summed E-state index contributed by atoms with van der Waals surface area (Å²) < 4.78 is 0. The molecule has 40 valence electrons. The van der Waals surface area contributed by atoms with Gasteiger partial charge in [0.2, 0.25) is 0 Å². The summed E-state index contributed by atoms with van der Waals surface area (Å²) >= 11 is 0. The van der Waals surface area contributed by atoms with Gasteiger partial charge >= 0.3 is 0 Å². The van der Waals surface area contributed by atoms with Crippen LogP contribution in [0.4, 0.5) is 5.69 Å². The maximum atomic E-state index is 6.53. The van der Waals surface area contributed by atoms with Gasteiger partial charge in [-0.1, -0.05) is 0 Å². The maximum Gasteiger partial charge on any atom is 0.103 e. The lowest BCUT2D eigenvalue weighted by atomic mass is 10.4. The van der Waals surface area contributed by atoms with Crippen molar-refractivity contribution < 1.29 is 0 Å². The molecule has 0 saturated carbocycles. The molecule has 0 aromatic carbocycles. The molecule has 0 aliphatic heterocycles. The lowest BCUT2D eigenvalue weighted by molar-refractivity contribution is 1.13. The van der Waals surface area contributed by atoms with E-state index in [1.807, 2.05) is 0 Å². The highest BCUT2D eigenvalue weighted by molar-refractivity contribution is 5.30. The third-order valence-corrected chi connectivity index (χ3v) is 0.775. The molecule has 1 aromatic heterocycles. The molecule has 1 rings (SSSR count). The van der Waals surface area contributed by atoms with Crippen LogP contribution in [-0.4, -0.2) is 4.98 Å². The third-order valence-electron chi connectivity index (χ3n) is 0.775. The van der Waals surface area contributed by atoms with Crippen LogP contribution in [0.15, 0.2) is 29.6 Å². The zero-order valence-corrected chi connectivity index (χ0v) is 4.20. The third kappa shape index (κ3) is 0.872. The van der Waals surface area contributed by atoms with E-state index in [4.69, 9.17) is 5.53 Å². The highest BCUT2D eigenvalue weighted by Gasteiger charge is 1.79. The van der Waals surface area contributed by atoms with Crippen LogP contribution in [-0.2, 0) is 0 Å². The Hall–Kier alpha value is -1.25. The number of aromatic nitrogens is 1. The molecule has 0 amide bonds. The first-order valence-corrected chi connectivity index (χ1v) is 2.21. The Balaban J connectivity index is 2.99. The van der Waals surface area contributed by atoms with Crippen LogP contribution in [0.2, 0.25) is 0 Å². The molecule has 0 spiro atoms. The van der Waals surface area contributed by atoms with E-state index in [1.54, 1.807) is 18.3 Å². The number of hydrogen-bond acceptors (Lipinski definition) is 3. The average molecular weight is 107 g/mol. The Morgan fingerprint density at radius 2 is 2.50 bits per heavy atom. The SMILES string of the molecule is N=Nc1cccnc1. The van der Waals surface area contributed by atoms with Gasteiger partial charge in [0.15, 0.2) is 0 Å². The first kappa shape index (κ1) is 4.90. The average Bonchev–Trinajstić information content (AvgIpc) is 1.90. The van der Waals surface area contributed by atoms with Crippen LogP contribution in [0.3, 0.4) is 0 Å². The standard InChI is InChI=1S/C5H5N3/c6-8-5-2-1-3-7-4-5/h1-4,6H. The summed E-state index contributed by atoms with van der Waals surface area (Å²) in [6, 6.07) is 3.47. The summed E-state index contributed by atoms with van der Waals surface area (Å²) in [6.45, 7) is 0. The molecule has 0 aliphatic rings. The predicted octanol–water partition coefficient (Wildman–Crippen LogP) is 1.74. The molecule has 3 heteroatoms. The monoisotopic (exact) mass is 107 g/mol. The van der Waals surface area contributed by atoms with E-state index in [-0.39, 0.29) is 0 Å². The molecule has 0 aliphatic carbocycles. The van der Waals surface area contributed by atoms with Crippen LogP contribution in [0.25, 0.3) is 0 Å². The van der Waals surface area contributed by atoms with E-state index in [0.29, 0.717) is 5.69 Å². The fourth-order valence-corrected chi connectivity index (χ4v) is 0.420. The molecular formula is C5H5N3. The Morgan fingerprint density at radius 1 is 1.62 bits per heavy atom. The van der Waals surface area contributed by atoms with Crippen LogP contribution >= 0.6 is 0 Å². The number of rotatable bonds is 1. The number of nitrogens with one attached hydrogen (secondary N) is 1. The topological polar surface area (TPSA) is 49.1 Å². The van der Waals surface area contributed by atoms with Crippen LogP contribution in [0.1, 0.15) is 0 Å². The largest absolute Gasteiger partial charge is 0.262 e. The number of hydrogen-bond donors (Lipinski definition) is 1. The molecule has 0 bridgehead atoms. The van der Waals surface area contributed by atoms with Gasteiger partial charge in [0, 0.05) is 6.20 Å². The molecule has 0 fully saturated rings. The van der Waals surface area contributed by atoms with Gasteiger partial charge in [0.25, 0.3) is 0 Å². The Bertz CT molecular complexity index is 170. The van der Waals surface area contributed by atoms with E-state index in [9.17, 15) is 0 Å². The molecule has 3 nitrogen and oxygen atoms in total. The van der Waals surface area contributed by atoms with Gasteiger partial charge < -0.3 is 0 Å². The second-order valence-electron chi connectivity index (χ2n) is 1.32. The summed E-state index contributed by atoms with van der Waals surface area (Å²) in [7, 11) is 0. The van der Waals surface area contributed by atoms with Crippen molar-refractivity contribution in [1.82, 2.24) is 4.98 Å². The first-order valence-electron chi connectivity index (χ1n) is 2.21. The Morgan fingerprint density at radius 3 is 2.88 bits per heavy atom. The molecule has 0 radical (unpaired) electrons. The van der Waals surface area contributed by atoms with Crippen molar-refractivity contribution >= 4 is 5.69 Å². The van der Waals surface area contributed by atoms with Crippen LogP contribution in [0, 0.1) is 5.53 Å². The van der Waals surface area contributed by atoms with Gasteiger partial charge in [-0.25, -0.2) is 5.53 Å². The molecule has 0 atom stereocenters. The van der Waals surface area contributed by atoms with E-state index < -0.39 is 0 Å². The zero-order valence-electron chi connectivity index (χ0n) is 4.20. The highest BCUT2D eigenvalue weighted by atomic mass is 15.0. The van der Waals surface area contributed by atoms with Crippen molar-refractivity contribution in [2.45, 2.75) is 0 Å². The van der Waals surface area contributed by atoms with E-state index in [0.717, 1.165) is 0 Å². The molecule has 8 heavy (non-hydrogen) atoms. The van der Waals surface area contributed by atoms with Gasteiger partial charge in [0.1, 0.15) is 5.69 Å². The van der Waals surface area contributed by atoms with E-state index >= 15 is 0 Å². The lowest BCUT2D eigenvalue weighted by Gasteiger charge is -1.82. The summed E-state index contributed by atoms with van der Waals surface area (Å²) in [5.74, 6) is 0. The smallest absolute Gasteiger partial charge is 0.103 e. The van der Waals surface area contributed by atoms with Crippen molar-refractivity contribution in [3.8, 4) is 0 Å². The zero-order chi connectivity index (χ0) is 5.82. The highest BCUT2D eigenvalue weighted by Crippen LogP contribution is 2.04. The summed E-state index contributed by atoms with van der Waals surface area (Å²) in [6.07, 6.45) is 3.18. The quantitative estimate of drug-likeness (QED) is 0.546. The van der Waals surface area contributed by atoms with Crippen molar-refractivity contribution in [2.75, 3.05) is 0 Å². The first-order chi connectivity index (χ1) is 3.93. The summed E-state index contributed by atoms with van der Waals surface area (Å²) in [5, 5.41) is 3.16. The summed E-state index contributed by atoms with van der Waals surface area (Å²) in [4.78, 5) is 3.74. The lowest BCUT2D eigenvalue weighted by Crippen LogP contribution is -1.64. The van der Waals surface area contributed by atoms with Crippen molar-refractivity contribution in [3.05, 3.63) is 24.5 Å². The van der Waals surface area contributed by atoms with Gasteiger partial charge in [-0.05, 0) is 12.1 Å². The second-order valence-corrected chi connectivity index (χ2v) is 1.32. The Kier molecular flexibility index (Phi) is 1.32. The Labute approximate surface area is 46.9 Å². The van der Waals surface area contributed by atoms with E-state index in [1.165, 1.54) is 6.20 Å². The number of nitrogens with zero attached hydrogens (tertiary/aromatic N) is 2. The number of pyridine rings is 1. The predicted molar refractivity (Wildman–Crippen MR) is 29.0 cm³/mol. The second kappa shape index (κ2) is 2.16. The maximum absolute atomic E-state index is 6.53. The van der Waals surface area contributed by atoms with Crippen molar-refractivity contribution in [1.29, 1.82) is 5.53 Å². The summed E-state index contributed by atoms with van der Waals surface area (Å²) in [5.41, 5.74) is 7.12. The molecular weight excluding hydrogens is 102 g/mol. The minimum atomic E-state index is 0.590. The van der Waals surface area contributed by atoms with Crippen LogP contribution < -0.4 is 0 Å².